The Hall–Kier alpha value is -0.870. The predicted octanol–water partition coefficient (Wildman–Crippen LogP) is 0.190. The molecule has 1 amide bonds. The predicted molar refractivity (Wildman–Crippen MR) is 50.9 cm³/mol. The fraction of sp³-hybridized carbons (Fsp3) is 0.700. The van der Waals surface area contributed by atoms with Gasteiger partial charge >= 0.3 is 0 Å². The van der Waals surface area contributed by atoms with Crippen LogP contribution < -0.4 is 0 Å². The molecule has 2 heterocycles. The van der Waals surface area contributed by atoms with Gasteiger partial charge in [-0.1, -0.05) is 6.58 Å². The van der Waals surface area contributed by atoms with Gasteiger partial charge in [-0.3, -0.25) is 4.79 Å². The first-order chi connectivity index (χ1) is 6.76. The summed E-state index contributed by atoms with van der Waals surface area (Å²) in [5.41, 5.74) is -0.239. The largest absolute Gasteiger partial charge is 0.378 e. The van der Waals surface area contributed by atoms with Gasteiger partial charge in [-0.2, -0.15) is 0 Å². The molecule has 78 valence electrons. The maximum absolute atomic E-state index is 11.4. The SMILES string of the molecule is C=CC(=O)N1CCOC2(CCOC2)C1. The van der Waals surface area contributed by atoms with Gasteiger partial charge in [0.05, 0.1) is 19.8 Å². The summed E-state index contributed by atoms with van der Waals surface area (Å²) in [5.74, 6) is -0.0143. The first-order valence-electron chi connectivity index (χ1n) is 4.89. The van der Waals surface area contributed by atoms with Gasteiger partial charge in [-0.05, 0) is 6.08 Å². The van der Waals surface area contributed by atoms with Gasteiger partial charge in [-0.25, -0.2) is 0 Å². The maximum atomic E-state index is 11.4. The molecule has 0 saturated carbocycles. The van der Waals surface area contributed by atoms with Crippen molar-refractivity contribution in [2.75, 3.05) is 32.9 Å². The molecule has 0 aromatic rings. The van der Waals surface area contributed by atoms with Crippen LogP contribution in [-0.2, 0) is 14.3 Å². The van der Waals surface area contributed by atoms with E-state index in [0.29, 0.717) is 26.3 Å². The van der Waals surface area contributed by atoms with E-state index in [1.807, 2.05) is 0 Å². The quantitative estimate of drug-likeness (QED) is 0.563. The Balaban J connectivity index is 2.03. The van der Waals surface area contributed by atoms with Crippen LogP contribution in [0.1, 0.15) is 6.42 Å². The zero-order valence-electron chi connectivity index (χ0n) is 8.20. The fourth-order valence-corrected chi connectivity index (χ4v) is 1.99. The Morgan fingerprint density at radius 2 is 2.36 bits per heavy atom. The molecule has 4 nitrogen and oxygen atoms in total. The number of amides is 1. The topological polar surface area (TPSA) is 38.8 Å². The smallest absolute Gasteiger partial charge is 0.246 e. The van der Waals surface area contributed by atoms with Crippen LogP contribution in [0.3, 0.4) is 0 Å². The molecule has 2 aliphatic rings. The molecule has 0 radical (unpaired) electrons. The number of ether oxygens (including phenoxy) is 2. The van der Waals surface area contributed by atoms with Crippen LogP contribution in [0.25, 0.3) is 0 Å². The molecular weight excluding hydrogens is 182 g/mol. The number of rotatable bonds is 1. The van der Waals surface area contributed by atoms with Gasteiger partial charge in [0.25, 0.3) is 0 Å². The van der Waals surface area contributed by atoms with Crippen molar-refractivity contribution in [2.45, 2.75) is 12.0 Å². The standard InChI is InChI=1S/C10H15NO3/c1-2-9(12)11-4-6-14-10(7-11)3-5-13-8-10/h2H,1,3-8H2. The molecule has 4 heteroatoms. The van der Waals surface area contributed by atoms with Crippen molar-refractivity contribution < 1.29 is 14.3 Å². The molecule has 2 saturated heterocycles. The van der Waals surface area contributed by atoms with Crippen molar-refractivity contribution in [1.82, 2.24) is 4.90 Å². The van der Waals surface area contributed by atoms with Gasteiger partial charge in [0.2, 0.25) is 5.91 Å². The van der Waals surface area contributed by atoms with E-state index in [1.165, 1.54) is 6.08 Å². The van der Waals surface area contributed by atoms with E-state index in [2.05, 4.69) is 6.58 Å². The summed E-state index contributed by atoms with van der Waals surface area (Å²) in [6, 6.07) is 0. The van der Waals surface area contributed by atoms with E-state index in [0.717, 1.165) is 13.0 Å². The molecule has 1 spiro atoms. The lowest BCUT2D eigenvalue weighted by atomic mass is 10.0. The van der Waals surface area contributed by atoms with E-state index < -0.39 is 0 Å². The fourth-order valence-electron chi connectivity index (χ4n) is 1.99. The number of carbonyl (C=O) groups is 1. The monoisotopic (exact) mass is 197 g/mol. The van der Waals surface area contributed by atoms with Crippen LogP contribution in [-0.4, -0.2) is 49.3 Å². The average Bonchev–Trinajstić information content (AvgIpc) is 2.65. The van der Waals surface area contributed by atoms with Crippen LogP contribution in [0.4, 0.5) is 0 Å². The Labute approximate surface area is 83.5 Å². The van der Waals surface area contributed by atoms with Crippen LogP contribution in [0.15, 0.2) is 12.7 Å². The van der Waals surface area contributed by atoms with Gasteiger partial charge in [0.1, 0.15) is 5.60 Å². The molecule has 2 fully saturated rings. The second kappa shape index (κ2) is 3.71. The Kier molecular flexibility index (Phi) is 2.56. The molecule has 1 atom stereocenters. The molecule has 0 bridgehead atoms. The second-order valence-electron chi connectivity index (χ2n) is 3.80. The van der Waals surface area contributed by atoms with Gasteiger partial charge < -0.3 is 14.4 Å². The highest BCUT2D eigenvalue weighted by atomic mass is 16.6. The second-order valence-corrected chi connectivity index (χ2v) is 3.80. The highest BCUT2D eigenvalue weighted by Gasteiger charge is 2.41. The number of morpholine rings is 1. The van der Waals surface area contributed by atoms with Crippen molar-refractivity contribution in [1.29, 1.82) is 0 Å². The van der Waals surface area contributed by atoms with Crippen molar-refractivity contribution in [2.24, 2.45) is 0 Å². The Bertz CT molecular complexity index is 246. The Morgan fingerprint density at radius 1 is 1.50 bits per heavy atom. The summed E-state index contributed by atoms with van der Waals surface area (Å²) in [4.78, 5) is 13.2. The summed E-state index contributed by atoms with van der Waals surface area (Å²) >= 11 is 0. The molecule has 14 heavy (non-hydrogen) atoms. The van der Waals surface area contributed by atoms with Crippen molar-refractivity contribution in [3.8, 4) is 0 Å². The number of carbonyl (C=O) groups excluding carboxylic acids is 1. The Morgan fingerprint density at radius 3 is 3.00 bits per heavy atom. The summed E-state index contributed by atoms with van der Waals surface area (Å²) in [6.45, 7) is 6.72. The zero-order chi connectivity index (χ0) is 10.0. The number of hydrogen-bond acceptors (Lipinski definition) is 3. The van der Waals surface area contributed by atoms with Gasteiger partial charge in [0, 0.05) is 19.6 Å². The minimum Gasteiger partial charge on any atom is -0.378 e. The number of nitrogens with zero attached hydrogens (tertiary/aromatic N) is 1. The third kappa shape index (κ3) is 1.67. The summed E-state index contributed by atoms with van der Waals surface area (Å²) < 4.78 is 11.0. The summed E-state index contributed by atoms with van der Waals surface area (Å²) in [5, 5.41) is 0. The molecule has 2 aliphatic heterocycles. The van der Waals surface area contributed by atoms with Crippen LogP contribution in [0.5, 0.6) is 0 Å². The minimum absolute atomic E-state index is 0.0143. The normalized spacial score (nSPS) is 32.1. The maximum Gasteiger partial charge on any atom is 0.246 e. The lowest BCUT2D eigenvalue weighted by Gasteiger charge is -2.38. The lowest BCUT2D eigenvalue weighted by Crippen LogP contribution is -2.53. The summed E-state index contributed by atoms with van der Waals surface area (Å²) in [6.07, 6.45) is 2.24. The van der Waals surface area contributed by atoms with E-state index in [4.69, 9.17) is 9.47 Å². The third-order valence-corrected chi connectivity index (χ3v) is 2.80. The van der Waals surface area contributed by atoms with Crippen molar-refractivity contribution >= 4 is 5.91 Å². The van der Waals surface area contributed by atoms with E-state index in [-0.39, 0.29) is 11.5 Å². The molecular formula is C10H15NO3. The molecule has 0 N–H and O–H groups in total. The minimum atomic E-state index is -0.239. The van der Waals surface area contributed by atoms with E-state index in [1.54, 1.807) is 4.90 Å². The van der Waals surface area contributed by atoms with E-state index in [9.17, 15) is 4.79 Å². The van der Waals surface area contributed by atoms with Gasteiger partial charge in [-0.15, -0.1) is 0 Å². The van der Waals surface area contributed by atoms with E-state index >= 15 is 0 Å². The van der Waals surface area contributed by atoms with Crippen molar-refractivity contribution in [3.05, 3.63) is 12.7 Å². The molecule has 0 aromatic carbocycles. The first kappa shape index (κ1) is 9.68. The lowest BCUT2D eigenvalue weighted by molar-refractivity contribution is -0.145. The number of hydrogen-bond donors (Lipinski definition) is 0. The van der Waals surface area contributed by atoms with Crippen LogP contribution >= 0.6 is 0 Å². The average molecular weight is 197 g/mol. The first-order valence-corrected chi connectivity index (χ1v) is 4.89. The highest BCUT2D eigenvalue weighted by Crippen LogP contribution is 2.27. The molecule has 0 aromatic heterocycles. The van der Waals surface area contributed by atoms with Crippen molar-refractivity contribution in [3.63, 3.8) is 0 Å². The molecule has 0 aliphatic carbocycles. The van der Waals surface area contributed by atoms with Gasteiger partial charge in [0.15, 0.2) is 0 Å². The zero-order valence-corrected chi connectivity index (χ0v) is 8.20. The molecule has 1 unspecified atom stereocenters. The van der Waals surface area contributed by atoms with Crippen LogP contribution in [0.2, 0.25) is 0 Å². The highest BCUT2D eigenvalue weighted by molar-refractivity contribution is 5.87. The molecule has 2 rings (SSSR count). The summed E-state index contributed by atoms with van der Waals surface area (Å²) in [7, 11) is 0. The van der Waals surface area contributed by atoms with Crippen LogP contribution in [0, 0.1) is 0 Å². The third-order valence-electron chi connectivity index (χ3n) is 2.80.